The van der Waals surface area contributed by atoms with Crippen molar-refractivity contribution in [1.82, 2.24) is 9.97 Å². The summed E-state index contributed by atoms with van der Waals surface area (Å²) < 4.78 is 6.68. The van der Waals surface area contributed by atoms with Gasteiger partial charge in [0.25, 0.3) is 0 Å². The first-order valence-corrected chi connectivity index (χ1v) is 23.8. The van der Waals surface area contributed by atoms with Gasteiger partial charge in [-0.1, -0.05) is 218 Å². The number of para-hydroxylation sites is 1. The maximum atomic E-state index is 6.68. The monoisotopic (exact) mass is 876 g/mol. The molecule has 0 atom stereocenters. The minimum absolute atomic E-state index is 0.541. The first kappa shape index (κ1) is 38.2. The van der Waals surface area contributed by atoms with Crippen LogP contribution in [-0.2, 0) is 10.8 Å². The lowest BCUT2D eigenvalue weighted by molar-refractivity contribution is 0.632. The third-order valence-electron chi connectivity index (χ3n) is 15.4. The lowest BCUT2D eigenvalue weighted by atomic mass is 9.52. The van der Waals surface area contributed by atoms with Crippen LogP contribution in [0, 0.1) is 0 Å². The van der Waals surface area contributed by atoms with E-state index in [9.17, 15) is 0 Å². The Labute approximate surface area is 399 Å². The van der Waals surface area contributed by atoms with E-state index >= 15 is 0 Å². The molecule has 0 unspecified atom stereocenters. The van der Waals surface area contributed by atoms with Gasteiger partial charge in [0.15, 0.2) is 5.82 Å². The molecule has 0 saturated carbocycles. The molecule has 2 spiro atoms. The van der Waals surface area contributed by atoms with Crippen molar-refractivity contribution in [3.8, 4) is 67.3 Å². The van der Waals surface area contributed by atoms with E-state index in [2.05, 4.69) is 237 Å². The highest BCUT2D eigenvalue weighted by atomic mass is 16.3. The second-order valence-corrected chi connectivity index (χ2v) is 18.7. The molecule has 2 heterocycles. The van der Waals surface area contributed by atoms with Crippen molar-refractivity contribution in [2.24, 2.45) is 0 Å². The van der Waals surface area contributed by atoms with Gasteiger partial charge in [-0.25, -0.2) is 9.97 Å². The van der Waals surface area contributed by atoms with E-state index in [1.54, 1.807) is 0 Å². The van der Waals surface area contributed by atoms with Crippen LogP contribution < -0.4 is 0 Å². The van der Waals surface area contributed by atoms with Crippen molar-refractivity contribution in [3.05, 3.63) is 287 Å². The molecule has 3 heteroatoms. The number of hydrogen-bond donors (Lipinski definition) is 0. The molecule has 0 fully saturated rings. The molecule has 3 nitrogen and oxygen atoms in total. The van der Waals surface area contributed by atoms with Crippen molar-refractivity contribution in [3.63, 3.8) is 0 Å². The number of rotatable bonds is 4. The largest absolute Gasteiger partial charge is 0.456 e. The molecule has 3 aliphatic rings. The molecule has 12 aromatic rings. The summed E-state index contributed by atoms with van der Waals surface area (Å²) in [5.74, 6) is 0.689. The van der Waals surface area contributed by atoms with Crippen molar-refractivity contribution >= 4 is 21.9 Å². The molecule has 10 aromatic carbocycles. The molecule has 0 aliphatic heterocycles. The molecule has 0 bridgehead atoms. The Morgan fingerprint density at radius 3 is 1.41 bits per heavy atom. The average molecular weight is 877 g/mol. The predicted molar refractivity (Wildman–Crippen MR) is 279 cm³/mol. The fourth-order valence-electron chi connectivity index (χ4n) is 12.7. The number of fused-ring (bicyclic) bond motifs is 20. The number of furan rings is 1. The van der Waals surface area contributed by atoms with Crippen LogP contribution in [0.15, 0.2) is 247 Å². The summed E-state index contributed by atoms with van der Waals surface area (Å²) in [5.41, 5.74) is 23.0. The van der Waals surface area contributed by atoms with Crippen LogP contribution in [0.4, 0.5) is 0 Å². The number of nitrogens with zero attached hydrogens (tertiary/aromatic N) is 2. The average Bonchev–Trinajstić information content (AvgIpc) is 4.05. The molecule has 3 aliphatic carbocycles. The second-order valence-electron chi connectivity index (χ2n) is 18.7. The highest BCUT2D eigenvalue weighted by molar-refractivity contribution is 6.16. The van der Waals surface area contributed by atoms with Crippen LogP contribution in [0.2, 0.25) is 0 Å². The third kappa shape index (κ3) is 5.11. The fourth-order valence-corrected chi connectivity index (χ4v) is 12.7. The van der Waals surface area contributed by atoms with Gasteiger partial charge in [0, 0.05) is 27.5 Å². The van der Waals surface area contributed by atoms with Crippen molar-refractivity contribution in [2.45, 2.75) is 10.8 Å². The normalized spacial score (nSPS) is 14.0. The molecule has 0 amide bonds. The summed E-state index contributed by atoms with van der Waals surface area (Å²) in [4.78, 5) is 10.7. The summed E-state index contributed by atoms with van der Waals surface area (Å²) in [5, 5.41) is 2.27. The standard InChI is InChI=1S/C66H40N2O/c1-3-17-41(18-4-1)42-31-33-43(34-32-42)58-40-59(68-64(67-58)44-19-5-2-6-20-44)45-35-36-48-57(39-45)66(56-37-38-61-63(62(48)56)49-23-9-16-30-60(49)69-61)54-28-14-12-26-52(54)65(53-27-13-15-29-55(53)66)50-24-10-7-21-46(50)47-22-8-11-25-51(47)65/h1-40H. The van der Waals surface area contributed by atoms with E-state index < -0.39 is 10.8 Å². The molecule has 69 heavy (non-hydrogen) atoms. The predicted octanol–water partition coefficient (Wildman–Crippen LogP) is 16.1. The zero-order valence-corrected chi connectivity index (χ0v) is 37.4. The Bertz CT molecular complexity index is 3980. The Balaban J connectivity index is 1.03. The third-order valence-corrected chi connectivity index (χ3v) is 15.4. The Morgan fingerprint density at radius 1 is 0.290 bits per heavy atom. The zero-order valence-electron chi connectivity index (χ0n) is 37.4. The van der Waals surface area contributed by atoms with Gasteiger partial charge in [-0.15, -0.1) is 0 Å². The van der Waals surface area contributed by atoms with E-state index in [4.69, 9.17) is 14.4 Å². The molecular weight excluding hydrogens is 837 g/mol. The van der Waals surface area contributed by atoms with Crippen molar-refractivity contribution in [1.29, 1.82) is 0 Å². The molecule has 15 rings (SSSR count). The summed E-state index contributed by atoms with van der Waals surface area (Å²) in [7, 11) is 0. The van der Waals surface area contributed by atoms with Gasteiger partial charge in [-0.3, -0.25) is 0 Å². The summed E-state index contributed by atoms with van der Waals surface area (Å²) in [6.07, 6.45) is 0. The molecule has 320 valence electrons. The van der Waals surface area contributed by atoms with Gasteiger partial charge in [0.05, 0.1) is 22.2 Å². The van der Waals surface area contributed by atoms with Crippen LogP contribution in [0.5, 0.6) is 0 Å². The summed E-state index contributed by atoms with van der Waals surface area (Å²) in [6, 6.07) is 88.7. The van der Waals surface area contributed by atoms with E-state index in [0.717, 1.165) is 50.0 Å². The first-order valence-electron chi connectivity index (χ1n) is 23.8. The minimum atomic E-state index is -0.705. The maximum absolute atomic E-state index is 6.68. The highest BCUT2D eigenvalue weighted by Gasteiger charge is 2.59. The topological polar surface area (TPSA) is 38.9 Å². The van der Waals surface area contributed by atoms with E-state index in [-0.39, 0.29) is 0 Å². The SMILES string of the molecule is c1ccc(-c2ccc(-c3cc(-c4ccc5c(c4)C4(c6ccccc6C6(c7ccccc7-c7ccccc76)c6ccccc64)c4ccc6oc7ccccc7c6c4-5)nc(-c4ccccc4)n3)cc2)cc1. The maximum Gasteiger partial charge on any atom is 0.160 e. The molecular formula is C66H40N2O. The molecule has 2 aromatic heterocycles. The van der Waals surface area contributed by atoms with E-state index in [0.29, 0.717) is 5.82 Å². The first-order chi connectivity index (χ1) is 34.2. The quantitative estimate of drug-likeness (QED) is 0.177. The Kier molecular flexibility index (Phi) is 7.92. The number of benzene rings is 10. The summed E-state index contributed by atoms with van der Waals surface area (Å²) in [6.45, 7) is 0. The van der Waals surface area contributed by atoms with Crippen LogP contribution in [-0.4, -0.2) is 9.97 Å². The van der Waals surface area contributed by atoms with Crippen LogP contribution >= 0.6 is 0 Å². The van der Waals surface area contributed by atoms with Crippen LogP contribution in [0.25, 0.3) is 89.2 Å². The van der Waals surface area contributed by atoms with Crippen LogP contribution in [0.3, 0.4) is 0 Å². The smallest absolute Gasteiger partial charge is 0.160 e. The molecule has 0 N–H and O–H groups in total. The van der Waals surface area contributed by atoms with Gasteiger partial charge in [0.1, 0.15) is 11.2 Å². The van der Waals surface area contributed by atoms with Crippen molar-refractivity contribution in [2.75, 3.05) is 0 Å². The summed E-state index contributed by atoms with van der Waals surface area (Å²) >= 11 is 0. The number of hydrogen-bond acceptors (Lipinski definition) is 3. The number of aromatic nitrogens is 2. The lowest BCUT2D eigenvalue weighted by Gasteiger charge is -2.48. The molecule has 0 saturated heterocycles. The Morgan fingerprint density at radius 2 is 0.768 bits per heavy atom. The van der Waals surface area contributed by atoms with Crippen LogP contribution in [0.1, 0.15) is 44.5 Å². The van der Waals surface area contributed by atoms with E-state index in [1.807, 2.05) is 6.07 Å². The lowest BCUT2D eigenvalue weighted by Crippen LogP contribution is -2.43. The fraction of sp³-hybridized carbons (Fsp3) is 0.0303. The van der Waals surface area contributed by atoms with Crippen molar-refractivity contribution < 1.29 is 4.42 Å². The second kappa shape index (κ2) is 14.3. The molecule has 0 radical (unpaired) electrons. The van der Waals surface area contributed by atoms with Gasteiger partial charge in [-0.05, 0) is 102 Å². The van der Waals surface area contributed by atoms with Gasteiger partial charge in [-0.2, -0.15) is 0 Å². The minimum Gasteiger partial charge on any atom is -0.456 e. The van der Waals surface area contributed by atoms with Gasteiger partial charge in [0.2, 0.25) is 0 Å². The zero-order chi connectivity index (χ0) is 45.3. The van der Waals surface area contributed by atoms with Gasteiger partial charge < -0.3 is 4.42 Å². The highest BCUT2D eigenvalue weighted by Crippen LogP contribution is 2.68. The Hall–Kier alpha value is -8.92. The van der Waals surface area contributed by atoms with E-state index in [1.165, 1.54) is 77.9 Å². The van der Waals surface area contributed by atoms with Gasteiger partial charge >= 0.3 is 0 Å².